The van der Waals surface area contributed by atoms with Gasteiger partial charge in [-0.25, -0.2) is 4.98 Å². The van der Waals surface area contributed by atoms with Crippen LogP contribution in [0.5, 0.6) is 0 Å². The molecule has 166 valence electrons. The normalized spacial score (nSPS) is 22.5. The Labute approximate surface area is 182 Å². The summed E-state index contributed by atoms with van der Waals surface area (Å²) in [5.41, 5.74) is 0.745. The number of hydrogen-bond acceptors (Lipinski definition) is 7. The number of piperidine rings is 1. The first-order valence-corrected chi connectivity index (χ1v) is 11.2. The molecule has 2 saturated heterocycles. The van der Waals surface area contributed by atoms with Crippen LogP contribution >= 0.6 is 0 Å². The van der Waals surface area contributed by atoms with Crippen molar-refractivity contribution < 1.29 is 9.84 Å². The zero-order chi connectivity index (χ0) is 21.6. The van der Waals surface area contributed by atoms with Crippen LogP contribution in [0, 0.1) is 0 Å². The van der Waals surface area contributed by atoms with Gasteiger partial charge in [0.15, 0.2) is 11.5 Å². The predicted octanol–water partition coefficient (Wildman–Crippen LogP) is 2.06. The lowest BCUT2D eigenvalue weighted by atomic mass is 9.83. The van der Waals surface area contributed by atoms with Gasteiger partial charge in [-0.2, -0.15) is 14.9 Å². The van der Waals surface area contributed by atoms with E-state index >= 15 is 0 Å². The summed E-state index contributed by atoms with van der Waals surface area (Å²) in [6.07, 6.45) is 4.90. The van der Waals surface area contributed by atoms with E-state index in [9.17, 15) is 5.11 Å². The number of nitrogens with zero attached hydrogens (tertiary/aromatic N) is 6. The highest BCUT2D eigenvalue weighted by atomic mass is 16.5. The van der Waals surface area contributed by atoms with Crippen molar-refractivity contribution >= 4 is 16.9 Å². The Balaban J connectivity index is 1.63. The molecule has 9 nitrogen and oxygen atoms in total. The highest BCUT2D eigenvalue weighted by Crippen LogP contribution is 2.39. The van der Waals surface area contributed by atoms with Crippen LogP contribution in [0.1, 0.15) is 39.2 Å². The van der Waals surface area contributed by atoms with Gasteiger partial charge in [-0.3, -0.25) is 5.10 Å². The van der Waals surface area contributed by atoms with Gasteiger partial charge in [0.05, 0.1) is 37.3 Å². The third-order valence-corrected chi connectivity index (χ3v) is 6.76. The molecule has 0 aliphatic carbocycles. The minimum absolute atomic E-state index is 0.215. The van der Waals surface area contributed by atoms with Crippen molar-refractivity contribution in [2.24, 2.45) is 0 Å². The molecule has 0 amide bonds. The average Bonchev–Trinajstić information content (AvgIpc) is 3.43. The van der Waals surface area contributed by atoms with Crippen LogP contribution in [0.15, 0.2) is 24.5 Å². The maximum absolute atomic E-state index is 11.8. The van der Waals surface area contributed by atoms with Crippen LogP contribution in [-0.4, -0.2) is 79.9 Å². The first-order chi connectivity index (χ1) is 15.0. The highest BCUT2D eigenvalue weighted by molar-refractivity contribution is 5.83. The lowest BCUT2D eigenvalue weighted by molar-refractivity contribution is -0.0312. The highest BCUT2D eigenvalue weighted by Gasteiger charge is 2.37. The fraction of sp³-hybridized carbons (Fsp3) is 0.591. The Morgan fingerprint density at radius 3 is 2.74 bits per heavy atom. The Hall–Kier alpha value is -2.49. The number of ether oxygens (including phenoxy) is 1. The van der Waals surface area contributed by atoms with Gasteiger partial charge in [0.25, 0.3) is 0 Å². The molecule has 2 aliphatic heterocycles. The first kappa shape index (κ1) is 20.4. The van der Waals surface area contributed by atoms with Gasteiger partial charge in [0.2, 0.25) is 0 Å². The molecule has 0 radical (unpaired) electrons. The zero-order valence-electron chi connectivity index (χ0n) is 18.5. The minimum Gasteiger partial charge on any atom is -0.385 e. The number of aliphatic hydroxyl groups is 1. The molecule has 0 bridgehead atoms. The lowest BCUT2D eigenvalue weighted by Gasteiger charge is -2.41. The second-order valence-corrected chi connectivity index (χ2v) is 9.04. The van der Waals surface area contributed by atoms with Crippen LogP contribution in [0.25, 0.3) is 16.9 Å². The van der Waals surface area contributed by atoms with E-state index in [-0.39, 0.29) is 6.04 Å². The quantitative estimate of drug-likeness (QED) is 0.661. The number of rotatable bonds is 4. The summed E-state index contributed by atoms with van der Waals surface area (Å²) >= 11 is 0. The largest absolute Gasteiger partial charge is 0.385 e. The minimum atomic E-state index is -0.904. The van der Waals surface area contributed by atoms with Crippen molar-refractivity contribution in [3.8, 4) is 5.82 Å². The average molecular weight is 426 g/mol. The van der Waals surface area contributed by atoms with E-state index in [1.807, 2.05) is 12.3 Å². The van der Waals surface area contributed by atoms with E-state index in [1.165, 1.54) is 0 Å². The molecule has 2 aliphatic rings. The number of anilines is 1. The fourth-order valence-corrected chi connectivity index (χ4v) is 4.81. The smallest absolute Gasteiger partial charge is 0.167 e. The second kappa shape index (κ2) is 7.89. The summed E-state index contributed by atoms with van der Waals surface area (Å²) < 4.78 is 7.40. The van der Waals surface area contributed by atoms with Gasteiger partial charge in [-0.1, -0.05) is 0 Å². The number of pyridine rings is 1. The van der Waals surface area contributed by atoms with Gasteiger partial charge in [-0.15, -0.1) is 0 Å². The Kier molecular flexibility index (Phi) is 5.19. The Morgan fingerprint density at radius 2 is 2.06 bits per heavy atom. The van der Waals surface area contributed by atoms with Crippen molar-refractivity contribution in [1.29, 1.82) is 0 Å². The monoisotopic (exact) mass is 425 g/mol. The molecule has 0 unspecified atom stereocenters. The van der Waals surface area contributed by atoms with Crippen molar-refractivity contribution in [3.63, 3.8) is 0 Å². The Morgan fingerprint density at radius 1 is 1.26 bits per heavy atom. The number of likely N-dealkylation sites (tertiary alicyclic amines) is 1. The molecule has 0 aromatic carbocycles. The zero-order valence-corrected chi connectivity index (χ0v) is 18.5. The summed E-state index contributed by atoms with van der Waals surface area (Å²) in [5.74, 6) is 1.61. The van der Waals surface area contributed by atoms with Crippen LogP contribution in [-0.2, 0) is 10.3 Å². The maximum Gasteiger partial charge on any atom is 0.167 e. The molecule has 2 fully saturated rings. The molecule has 3 aromatic heterocycles. The molecule has 2 N–H and O–H groups in total. The summed E-state index contributed by atoms with van der Waals surface area (Å²) in [7, 11) is 0. The van der Waals surface area contributed by atoms with Crippen molar-refractivity contribution in [2.45, 2.75) is 51.3 Å². The number of H-pyrrole nitrogens is 1. The maximum atomic E-state index is 11.8. The number of aromatic nitrogens is 5. The van der Waals surface area contributed by atoms with Crippen LogP contribution in [0.4, 0.5) is 5.82 Å². The van der Waals surface area contributed by atoms with E-state index in [2.05, 4.69) is 51.9 Å². The number of aromatic amines is 1. The van der Waals surface area contributed by atoms with Gasteiger partial charge < -0.3 is 19.6 Å². The summed E-state index contributed by atoms with van der Waals surface area (Å²) in [4.78, 5) is 9.69. The topological polar surface area (TPSA) is 95.3 Å². The van der Waals surface area contributed by atoms with E-state index in [0.717, 1.165) is 47.9 Å². The molecule has 3 aromatic rings. The summed E-state index contributed by atoms with van der Waals surface area (Å²) in [5, 5.41) is 24.3. The van der Waals surface area contributed by atoms with E-state index in [0.29, 0.717) is 32.1 Å². The summed E-state index contributed by atoms with van der Waals surface area (Å²) in [6, 6.07) is 4.64. The molecule has 0 saturated carbocycles. The molecule has 1 atom stereocenters. The van der Waals surface area contributed by atoms with Crippen LogP contribution in [0.2, 0.25) is 0 Å². The fourth-order valence-electron chi connectivity index (χ4n) is 4.81. The van der Waals surface area contributed by atoms with E-state index < -0.39 is 5.60 Å². The van der Waals surface area contributed by atoms with Crippen LogP contribution in [0.3, 0.4) is 0 Å². The number of hydrogen-bond donors (Lipinski definition) is 2. The number of nitrogens with one attached hydrogen (secondary N) is 1. The molecule has 31 heavy (non-hydrogen) atoms. The van der Waals surface area contributed by atoms with Crippen molar-refractivity contribution in [1.82, 2.24) is 29.9 Å². The predicted molar refractivity (Wildman–Crippen MR) is 118 cm³/mol. The molecule has 9 heteroatoms. The SMILES string of the molecule is CC(C)N1CCC(O)(c2cc(N3CCOC[C@H]3C)nc3c2cnn3-c2ccn[nH]2)CC1. The second-order valence-electron chi connectivity index (χ2n) is 9.04. The van der Waals surface area contributed by atoms with Gasteiger partial charge >= 0.3 is 0 Å². The first-order valence-electron chi connectivity index (χ1n) is 11.2. The van der Waals surface area contributed by atoms with Crippen molar-refractivity contribution in [2.75, 3.05) is 37.7 Å². The lowest BCUT2D eigenvalue weighted by Crippen LogP contribution is -2.46. The van der Waals surface area contributed by atoms with Gasteiger partial charge in [-0.05, 0) is 45.2 Å². The van der Waals surface area contributed by atoms with Gasteiger partial charge in [0.1, 0.15) is 5.82 Å². The Bertz CT molecular complexity index is 1040. The molecular formula is C22H31N7O2. The third-order valence-electron chi connectivity index (χ3n) is 6.76. The van der Waals surface area contributed by atoms with Gasteiger partial charge in [0, 0.05) is 37.1 Å². The number of morpholine rings is 1. The summed E-state index contributed by atoms with van der Waals surface area (Å²) in [6.45, 7) is 10.4. The standard InChI is InChI=1S/C22H31N7O2/c1-15(2)27-8-5-22(30,6-9-27)18-12-20(28-10-11-31-14-16(28)3)25-21-17(18)13-24-29(21)19-4-7-23-26-19/h4,7,12-13,15-16,30H,5-6,8-11,14H2,1-3H3,(H,23,26)/t16-/m1/s1. The number of fused-ring (bicyclic) bond motifs is 1. The van der Waals surface area contributed by atoms with E-state index in [4.69, 9.17) is 9.72 Å². The van der Waals surface area contributed by atoms with Crippen molar-refractivity contribution in [3.05, 3.63) is 30.1 Å². The van der Waals surface area contributed by atoms with Crippen LogP contribution < -0.4 is 4.90 Å². The third kappa shape index (κ3) is 3.60. The molecular weight excluding hydrogens is 394 g/mol. The molecule has 5 heterocycles. The molecule has 5 rings (SSSR count). The van der Waals surface area contributed by atoms with E-state index in [1.54, 1.807) is 10.9 Å². The molecule has 0 spiro atoms.